The second kappa shape index (κ2) is 5.88. The molecule has 0 atom stereocenters. The maximum absolute atomic E-state index is 10.8. The van der Waals surface area contributed by atoms with Crippen LogP contribution in [0.1, 0.15) is 6.92 Å². The van der Waals surface area contributed by atoms with Crippen LogP contribution < -0.4 is 0 Å². The van der Waals surface area contributed by atoms with Gasteiger partial charge in [-0.2, -0.15) is 0 Å². The molecular formula is C9H10O4. The van der Waals surface area contributed by atoms with Crippen LogP contribution in [-0.2, 0) is 19.1 Å². The minimum atomic E-state index is -0.607. The highest BCUT2D eigenvalue weighted by molar-refractivity contribution is 6.05. The number of carbonyl (C=O) groups excluding carboxylic acids is 3. The van der Waals surface area contributed by atoms with Crippen LogP contribution in [0.25, 0.3) is 0 Å². The molecule has 0 unspecified atom stereocenters. The Morgan fingerprint density at radius 2 is 1.54 bits per heavy atom. The average molecular weight is 182 g/mol. The Morgan fingerprint density at radius 1 is 1.00 bits per heavy atom. The summed E-state index contributed by atoms with van der Waals surface area (Å²) in [6, 6.07) is 0. The number of allylic oxidation sites excluding steroid dienone is 3. The summed E-state index contributed by atoms with van der Waals surface area (Å²) >= 11 is 0. The van der Waals surface area contributed by atoms with E-state index >= 15 is 0 Å². The Kier molecular flexibility index (Phi) is 5.11. The third-order valence-electron chi connectivity index (χ3n) is 1.07. The molecule has 0 aliphatic rings. The van der Waals surface area contributed by atoms with Gasteiger partial charge in [0, 0.05) is 6.08 Å². The van der Waals surface area contributed by atoms with E-state index in [-0.39, 0.29) is 5.78 Å². The predicted molar refractivity (Wildman–Crippen MR) is 46.0 cm³/mol. The van der Waals surface area contributed by atoms with E-state index in [0.29, 0.717) is 0 Å². The van der Waals surface area contributed by atoms with Gasteiger partial charge >= 0.3 is 5.97 Å². The highest BCUT2D eigenvalue weighted by Gasteiger charge is 1.94. The fourth-order valence-electron chi connectivity index (χ4n) is 0.473. The molecule has 0 rings (SSSR count). The lowest BCUT2D eigenvalue weighted by Gasteiger charge is -1.87. The van der Waals surface area contributed by atoms with E-state index < -0.39 is 11.8 Å². The van der Waals surface area contributed by atoms with Crippen molar-refractivity contribution in [2.24, 2.45) is 0 Å². The molecule has 13 heavy (non-hydrogen) atoms. The molecular weight excluding hydrogens is 172 g/mol. The first-order chi connectivity index (χ1) is 6.06. The van der Waals surface area contributed by atoms with Gasteiger partial charge in [0.15, 0.2) is 11.6 Å². The van der Waals surface area contributed by atoms with E-state index in [1.54, 1.807) is 0 Å². The lowest BCUT2D eigenvalue weighted by Crippen LogP contribution is -1.96. The molecule has 0 fully saturated rings. The third-order valence-corrected chi connectivity index (χ3v) is 1.07. The van der Waals surface area contributed by atoms with Gasteiger partial charge in [-0.3, -0.25) is 9.59 Å². The number of carbonyl (C=O) groups is 3. The van der Waals surface area contributed by atoms with E-state index in [1.165, 1.54) is 14.0 Å². The summed E-state index contributed by atoms with van der Waals surface area (Å²) in [5.41, 5.74) is 0. The summed E-state index contributed by atoms with van der Waals surface area (Å²) in [5.74, 6) is -1.26. The molecule has 0 saturated heterocycles. The number of rotatable bonds is 4. The van der Waals surface area contributed by atoms with Crippen molar-refractivity contribution < 1.29 is 19.1 Å². The predicted octanol–water partition coefficient (Wildman–Crippen LogP) is 0.430. The molecule has 4 heteroatoms. The molecule has 0 N–H and O–H groups in total. The van der Waals surface area contributed by atoms with Crippen molar-refractivity contribution in [2.75, 3.05) is 7.11 Å². The number of esters is 1. The monoisotopic (exact) mass is 182 g/mol. The largest absolute Gasteiger partial charge is 0.466 e. The number of ether oxygens (including phenoxy) is 1. The van der Waals surface area contributed by atoms with Gasteiger partial charge in [0.1, 0.15) is 0 Å². The van der Waals surface area contributed by atoms with Gasteiger partial charge in [-0.15, -0.1) is 0 Å². The van der Waals surface area contributed by atoms with Crippen molar-refractivity contribution >= 4 is 17.5 Å². The van der Waals surface area contributed by atoms with Gasteiger partial charge in [-0.25, -0.2) is 4.79 Å². The second-order valence-corrected chi connectivity index (χ2v) is 2.20. The van der Waals surface area contributed by atoms with Crippen molar-refractivity contribution in [1.29, 1.82) is 0 Å². The third kappa shape index (κ3) is 6.68. The number of hydrogen-bond donors (Lipinski definition) is 0. The zero-order chi connectivity index (χ0) is 10.3. The van der Waals surface area contributed by atoms with E-state index in [0.717, 1.165) is 24.3 Å². The second-order valence-electron chi connectivity index (χ2n) is 2.20. The number of methoxy groups -OCH3 is 1. The van der Waals surface area contributed by atoms with Gasteiger partial charge < -0.3 is 4.74 Å². The average Bonchev–Trinajstić information content (AvgIpc) is 2.10. The first-order valence-corrected chi connectivity index (χ1v) is 3.55. The first-order valence-electron chi connectivity index (χ1n) is 3.55. The fourth-order valence-corrected chi connectivity index (χ4v) is 0.473. The van der Waals surface area contributed by atoms with Gasteiger partial charge in [0.2, 0.25) is 0 Å². The van der Waals surface area contributed by atoms with Crippen molar-refractivity contribution in [3.05, 3.63) is 24.3 Å². The SMILES string of the molecule is COC(=O)/C=C/C(=O)/C=C/C(C)=O. The minimum absolute atomic E-state index is 0.222. The van der Waals surface area contributed by atoms with Crippen LogP contribution in [0.3, 0.4) is 0 Å². The lowest BCUT2D eigenvalue weighted by atomic mass is 10.3. The van der Waals surface area contributed by atoms with E-state index in [1.807, 2.05) is 0 Å². The molecule has 0 aliphatic carbocycles. The highest BCUT2D eigenvalue weighted by atomic mass is 16.5. The first kappa shape index (κ1) is 11.3. The Labute approximate surface area is 75.9 Å². The maximum Gasteiger partial charge on any atom is 0.330 e. The highest BCUT2D eigenvalue weighted by Crippen LogP contribution is 1.84. The zero-order valence-electron chi connectivity index (χ0n) is 7.44. The van der Waals surface area contributed by atoms with E-state index in [9.17, 15) is 14.4 Å². The van der Waals surface area contributed by atoms with Crippen LogP contribution in [0.4, 0.5) is 0 Å². The molecule has 0 radical (unpaired) electrons. The Morgan fingerprint density at radius 3 is 2.00 bits per heavy atom. The zero-order valence-corrected chi connectivity index (χ0v) is 7.44. The Bertz CT molecular complexity index is 273. The van der Waals surface area contributed by atoms with Crippen molar-refractivity contribution in [3.8, 4) is 0 Å². The smallest absolute Gasteiger partial charge is 0.330 e. The summed E-state index contributed by atoms with van der Waals surface area (Å²) in [7, 11) is 1.21. The van der Waals surface area contributed by atoms with Gasteiger partial charge in [0.25, 0.3) is 0 Å². The van der Waals surface area contributed by atoms with Gasteiger partial charge in [-0.1, -0.05) is 0 Å². The molecule has 0 bridgehead atoms. The van der Waals surface area contributed by atoms with Crippen LogP contribution in [0.2, 0.25) is 0 Å². The molecule has 0 amide bonds. The van der Waals surface area contributed by atoms with Crippen LogP contribution in [-0.4, -0.2) is 24.6 Å². The minimum Gasteiger partial charge on any atom is -0.466 e. The Hall–Kier alpha value is -1.71. The summed E-state index contributed by atoms with van der Waals surface area (Å²) in [6.07, 6.45) is 4.24. The molecule has 0 saturated carbocycles. The summed E-state index contributed by atoms with van der Waals surface area (Å²) in [4.78, 5) is 31.7. The molecule has 70 valence electrons. The number of ketones is 2. The van der Waals surface area contributed by atoms with Crippen LogP contribution in [0.5, 0.6) is 0 Å². The molecule has 0 aromatic heterocycles. The van der Waals surface area contributed by atoms with Crippen molar-refractivity contribution in [2.45, 2.75) is 6.92 Å². The fraction of sp³-hybridized carbons (Fsp3) is 0.222. The lowest BCUT2D eigenvalue weighted by molar-refractivity contribution is -0.135. The van der Waals surface area contributed by atoms with Crippen molar-refractivity contribution in [3.63, 3.8) is 0 Å². The molecule has 0 aliphatic heterocycles. The standard InChI is InChI=1S/C9H10O4/c1-7(10)3-4-8(11)5-6-9(12)13-2/h3-6H,1-2H3/b4-3+,6-5+. The quantitative estimate of drug-likeness (QED) is 0.467. The topological polar surface area (TPSA) is 60.4 Å². The Balaban J connectivity index is 4.09. The van der Waals surface area contributed by atoms with E-state index in [4.69, 9.17) is 0 Å². The molecule has 4 nitrogen and oxygen atoms in total. The molecule has 0 spiro atoms. The maximum atomic E-state index is 10.8. The summed E-state index contributed by atoms with van der Waals surface area (Å²) in [5, 5.41) is 0. The number of hydrogen-bond acceptors (Lipinski definition) is 4. The molecule has 0 aromatic rings. The van der Waals surface area contributed by atoms with E-state index in [2.05, 4.69) is 4.74 Å². The normalized spacial score (nSPS) is 10.6. The summed E-state index contributed by atoms with van der Waals surface area (Å²) in [6.45, 7) is 1.33. The van der Waals surface area contributed by atoms with Crippen molar-refractivity contribution in [1.82, 2.24) is 0 Å². The summed E-state index contributed by atoms with van der Waals surface area (Å²) < 4.78 is 4.26. The molecule has 0 aromatic carbocycles. The van der Waals surface area contributed by atoms with Gasteiger partial charge in [-0.05, 0) is 25.2 Å². The molecule has 0 heterocycles. The van der Waals surface area contributed by atoms with Crippen LogP contribution in [0.15, 0.2) is 24.3 Å². The van der Waals surface area contributed by atoms with Gasteiger partial charge in [0.05, 0.1) is 7.11 Å². The van der Waals surface area contributed by atoms with Crippen LogP contribution in [0, 0.1) is 0 Å². The van der Waals surface area contributed by atoms with Crippen LogP contribution >= 0.6 is 0 Å².